The minimum absolute atomic E-state index is 0.138. The standard InChI is InChI=1S/C25H28N6O3/c1-18-2-3-19(15-27-18)23-14-21(6-9-26-23)34-22-4-5-24(28-16-22)29-25(32)31-11-10-30(17-31)20-7-12-33-13-8-20/h2-6,9,14-16,20H,7-8,10-13,17H2,1H3,(H,28,29,32). The minimum Gasteiger partial charge on any atom is -0.456 e. The summed E-state index contributed by atoms with van der Waals surface area (Å²) in [6, 6.07) is 11.5. The zero-order valence-corrected chi connectivity index (χ0v) is 19.2. The van der Waals surface area contributed by atoms with E-state index in [2.05, 4.69) is 25.2 Å². The van der Waals surface area contributed by atoms with Gasteiger partial charge in [0.05, 0.1) is 18.6 Å². The number of aryl methyl sites for hydroxylation is 1. The summed E-state index contributed by atoms with van der Waals surface area (Å²) in [5.74, 6) is 1.71. The average molecular weight is 461 g/mol. The summed E-state index contributed by atoms with van der Waals surface area (Å²) in [5.41, 5.74) is 2.66. The zero-order valence-electron chi connectivity index (χ0n) is 19.2. The first-order chi connectivity index (χ1) is 16.6. The van der Waals surface area contributed by atoms with Crippen LogP contribution in [0.4, 0.5) is 10.6 Å². The second-order valence-corrected chi connectivity index (χ2v) is 8.54. The number of anilines is 1. The number of rotatable bonds is 5. The third-order valence-corrected chi connectivity index (χ3v) is 6.15. The number of aromatic nitrogens is 3. The molecule has 2 aliphatic rings. The molecule has 176 valence electrons. The molecule has 2 amide bonds. The average Bonchev–Trinajstić information content (AvgIpc) is 3.37. The van der Waals surface area contributed by atoms with E-state index in [1.54, 1.807) is 36.8 Å². The van der Waals surface area contributed by atoms with Crippen LogP contribution >= 0.6 is 0 Å². The fourth-order valence-corrected chi connectivity index (χ4v) is 4.22. The molecule has 2 fully saturated rings. The van der Waals surface area contributed by atoms with Crippen LogP contribution in [-0.2, 0) is 4.74 Å². The number of carbonyl (C=O) groups is 1. The van der Waals surface area contributed by atoms with E-state index in [-0.39, 0.29) is 6.03 Å². The van der Waals surface area contributed by atoms with Crippen molar-refractivity contribution in [3.05, 3.63) is 60.7 Å². The number of urea groups is 1. The maximum absolute atomic E-state index is 12.7. The molecule has 0 atom stereocenters. The minimum atomic E-state index is -0.138. The molecular weight excluding hydrogens is 432 g/mol. The van der Waals surface area contributed by atoms with Crippen LogP contribution in [0.25, 0.3) is 11.3 Å². The van der Waals surface area contributed by atoms with Gasteiger partial charge in [-0.3, -0.25) is 20.2 Å². The SMILES string of the molecule is Cc1ccc(-c2cc(Oc3ccc(NC(=O)N4CCN(C5CCOCC5)C4)nc3)ccn2)cn1. The van der Waals surface area contributed by atoms with Crippen LogP contribution in [0.5, 0.6) is 11.5 Å². The molecule has 1 N–H and O–H groups in total. The van der Waals surface area contributed by atoms with Gasteiger partial charge < -0.3 is 14.4 Å². The van der Waals surface area contributed by atoms with Crippen LogP contribution < -0.4 is 10.1 Å². The number of carbonyl (C=O) groups excluding carboxylic acids is 1. The van der Waals surface area contributed by atoms with Gasteiger partial charge in [0, 0.05) is 62.1 Å². The van der Waals surface area contributed by atoms with Crippen LogP contribution in [-0.4, -0.2) is 69.8 Å². The van der Waals surface area contributed by atoms with Gasteiger partial charge in [-0.15, -0.1) is 0 Å². The highest BCUT2D eigenvalue weighted by molar-refractivity contribution is 5.88. The van der Waals surface area contributed by atoms with Crippen LogP contribution in [0, 0.1) is 6.92 Å². The van der Waals surface area contributed by atoms with E-state index in [0.717, 1.165) is 49.6 Å². The Balaban J connectivity index is 1.16. The van der Waals surface area contributed by atoms with Gasteiger partial charge >= 0.3 is 6.03 Å². The molecule has 5 rings (SSSR count). The molecule has 9 nitrogen and oxygen atoms in total. The molecule has 0 aromatic carbocycles. The van der Waals surface area contributed by atoms with Gasteiger partial charge in [-0.05, 0) is 50.1 Å². The van der Waals surface area contributed by atoms with Crippen LogP contribution in [0.1, 0.15) is 18.5 Å². The third-order valence-electron chi connectivity index (χ3n) is 6.15. The lowest BCUT2D eigenvalue weighted by molar-refractivity contribution is 0.0386. The molecule has 0 bridgehead atoms. The van der Waals surface area contributed by atoms with E-state index < -0.39 is 0 Å². The second kappa shape index (κ2) is 10.1. The third kappa shape index (κ3) is 5.32. The number of hydrogen-bond acceptors (Lipinski definition) is 7. The Hall–Kier alpha value is -3.56. The van der Waals surface area contributed by atoms with Crippen LogP contribution in [0.2, 0.25) is 0 Å². The van der Waals surface area contributed by atoms with Crippen LogP contribution in [0.3, 0.4) is 0 Å². The van der Waals surface area contributed by atoms with Gasteiger partial charge in [0.2, 0.25) is 0 Å². The Morgan fingerprint density at radius 1 is 1.03 bits per heavy atom. The summed E-state index contributed by atoms with van der Waals surface area (Å²) in [7, 11) is 0. The summed E-state index contributed by atoms with van der Waals surface area (Å²) in [4.78, 5) is 29.9. The highest BCUT2D eigenvalue weighted by Gasteiger charge is 2.30. The molecule has 0 saturated carbocycles. The van der Waals surface area contributed by atoms with Gasteiger partial charge in [0.25, 0.3) is 0 Å². The Morgan fingerprint density at radius 2 is 1.91 bits per heavy atom. The normalized spacial score (nSPS) is 17.0. The van der Waals surface area contributed by atoms with Gasteiger partial charge in [-0.2, -0.15) is 0 Å². The lowest BCUT2D eigenvalue weighted by Crippen LogP contribution is -2.40. The molecule has 34 heavy (non-hydrogen) atoms. The van der Waals surface area contributed by atoms with E-state index in [1.807, 2.05) is 30.0 Å². The van der Waals surface area contributed by atoms with Gasteiger partial charge in [0.1, 0.15) is 17.3 Å². The number of ether oxygens (including phenoxy) is 2. The van der Waals surface area contributed by atoms with Crippen molar-refractivity contribution in [3.63, 3.8) is 0 Å². The molecule has 0 radical (unpaired) electrons. The molecule has 0 aliphatic carbocycles. The number of amides is 2. The first-order valence-corrected chi connectivity index (χ1v) is 11.5. The molecular formula is C25H28N6O3. The Bertz CT molecular complexity index is 1120. The largest absolute Gasteiger partial charge is 0.456 e. The molecule has 9 heteroatoms. The summed E-state index contributed by atoms with van der Waals surface area (Å²) in [6.45, 7) is 5.79. The first-order valence-electron chi connectivity index (χ1n) is 11.5. The van der Waals surface area contributed by atoms with E-state index >= 15 is 0 Å². The molecule has 0 unspecified atom stereocenters. The van der Waals surface area contributed by atoms with E-state index in [0.29, 0.717) is 36.6 Å². The second-order valence-electron chi connectivity index (χ2n) is 8.54. The van der Waals surface area contributed by atoms with Gasteiger partial charge in [-0.1, -0.05) is 0 Å². The van der Waals surface area contributed by atoms with Crippen molar-refractivity contribution in [2.75, 3.05) is 38.3 Å². The maximum Gasteiger partial charge on any atom is 0.324 e. The fraction of sp³-hybridized carbons (Fsp3) is 0.360. The monoisotopic (exact) mass is 460 g/mol. The highest BCUT2D eigenvalue weighted by atomic mass is 16.5. The fourth-order valence-electron chi connectivity index (χ4n) is 4.22. The molecule has 3 aromatic heterocycles. The molecule has 2 saturated heterocycles. The number of nitrogens with one attached hydrogen (secondary N) is 1. The molecule has 5 heterocycles. The lowest BCUT2D eigenvalue weighted by atomic mass is 10.1. The van der Waals surface area contributed by atoms with Crippen molar-refractivity contribution < 1.29 is 14.3 Å². The van der Waals surface area contributed by atoms with Crippen molar-refractivity contribution in [2.24, 2.45) is 0 Å². The Morgan fingerprint density at radius 3 is 2.68 bits per heavy atom. The molecule has 2 aliphatic heterocycles. The van der Waals surface area contributed by atoms with Gasteiger partial charge in [-0.25, -0.2) is 9.78 Å². The zero-order chi connectivity index (χ0) is 23.3. The van der Waals surface area contributed by atoms with E-state index in [1.165, 1.54) is 0 Å². The topological polar surface area (TPSA) is 92.7 Å². The van der Waals surface area contributed by atoms with Crippen LogP contribution in [0.15, 0.2) is 55.0 Å². The maximum atomic E-state index is 12.7. The van der Waals surface area contributed by atoms with E-state index in [4.69, 9.17) is 9.47 Å². The lowest BCUT2D eigenvalue weighted by Gasteiger charge is -2.30. The predicted octanol–water partition coefficient (Wildman–Crippen LogP) is 3.93. The summed E-state index contributed by atoms with van der Waals surface area (Å²) < 4.78 is 11.4. The smallest absolute Gasteiger partial charge is 0.324 e. The van der Waals surface area contributed by atoms with Crippen molar-refractivity contribution in [1.82, 2.24) is 24.8 Å². The van der Waals surface area contributed by atoms with Crippen molar-refractivity contribution in [1.29, 1.82) is 0 Å². The summed E-state index contributed by atoms with van der Waals surface area (Å²) in [5, 5.41) is 2.89. The van der Waals surface area contributed by atoms with E-state index in [9.17, 15) is 4.79 Å². The molecule has 0 spiro atoms. The Kier molecular flexibility index (Phi) is 6.64. The van der Waals surface area contributed by atoms with Crippen molar-refractivity contribution >= 4 is 11.8 Å². The number of nitrogens with zero attached hydrogens (tertiary/aromatic N) is 5. The summed E-state index contributed by atoms with van der Waals surface area (Å²) >= 11 is 0. The van der Waals surface area contributed by atoms with Crippen molar-refractivity contribution in [3.8, 4) is 22.8 Å². The number of hydrogen-bond donors (Lipinski definition) is 1. The quantitative estimate of drug-likeness (QED) is 0.617. The van der Waals surface area contributed by atoms with Gasteiger partial charge in [0.15, 0.2) is 0 Å². The first kappa shape index (κ1) is 22.2. The Labute approximate surface area is 198 Å². The van der Waals surface area contributed by atoms with Crippen molar-refractivity contribution in [2.45, 2.75) is 25.8 Å². The molecule has 3 aromatic rings. The number of pyridine rings is 3. The highest BCUT2D eigenvalue weighted by Crippen LogP contribution is 2.26. The predicted molar refractivity (Wildman–Crippen MR) is 128 cm³/mol. The summed E-state index contributed by atoms with van der Waals surface area (Å²) in [6.07, 6.45) is 7.15.